The van der Waals surface area contributed by atoms with Crippen LogP contribution < -0.4 is 5.32 Å². The van der Waals surface area contributed by atoms with Gasteiger partial charge in [0.05, 0.1) is 18.4 Å². The van der Waals surface area contributed by atoms with Gasteiger partial charge >= 0.3 is 12.1 Å². The summed E-state index contributed by atoms with van der Waals surface area (Å²) in [5.74, 6) is -0.533. The fourth-order valence-electron chi connectivity index (χ4n) is 2.16. The van der Waals surface area contributed by atoms with E-state index >= 15 is 0 Å². The van der Waals surface area contributed by atoms with Crippen molar-refractivity contribution in [1.29, 1.82) is 0 Å². The van der Waals surface area contributed by atoms with E-state index in [1.807, 2.05) is 13.0 Å². The van der Waals surface area contributed by atoms with E-state index in [0.29, 0.717) is 27.4 Å². The van der Waals surface area contributed by atoms with Gasteiger partial charge in [-0.25, -0.2) is 9.59 Å². The normalized spacial score (nSPS) is 11.0. The molecule has 1 amide bonds. The Hall–Kier alpha value is -2.86. The number of nitrogens with one attached hydrogen (secondary N) is 1. The second-order valence-electron chi connectivity index (χ2n) is 5.58. The van der Waals surface area contributed by atoms with E-state index < -0.39 is 12.1 Å². The molecule has 2 aromatic rings. The highest BCUT2D eigenvalue weighted by Crippen LogP contribution is 2.18. The maximum Gasteiger partial charge on any atom is 0.407 e. The summed E-state index contributed by atoms with van der Waals surface area (Å²) in [7, 11) is 1.28. The van der Waals surface area contributed by atoms with Gasteiger partial charge in [-0.15, -0.1) is 0 Å². The van der Waals surface area contributed by atoms with Crippen LogP contribution in [0.25, 0.3) is 0 Å². The molecule has 136 valence electrons. The molecule has 0 atom stereocenters. The number of rotatable bonds is 5. The summed E-state index contributed by atoms with van der Waals surface area (Å²) in [6.45, 7) is 3.81. The zero-order valence-corrected chi connectivity index (χ0v) is 15.5. The second kappa shape index (κ2) is 9.01. The van der Waals surface area contributed by atoms with E-state index in [-0.39, 0.29) is 6.54 Å². The highest BCUT2D eigenvalue weighted by atomic mass is 35.5. The molecular weight excluding hydrogens is 356 g/mol. The molecule has 0 unspecified atom stereocenters. The number of nitrogens with zero attached hydrogens (tertiary/aromatic N) is 1. The number of benzene rings is 2. The van der Waals surface area contributed by atoms with E-state index in [4.69, 9.17) is 16.4 Å². The van der Waals surface area contributed by atoms with Crippen LogP contribution in [0.3, 0.4) is 0 Å². The monoisotopic (exact) mass is 374 g/mol. The number of methoxy groups -OCH3 is 1. The van der Waals surface area contributed by atoms with Gasteiger partial charge in [-0.1, -0.05) is 40.5 Å². The summed E-state index contributed by atoms with van der Waals surface area (Å²) in [5, 5.41) is 6.95. The zero-order chi connectivity index (χ0) is 19.1. The summed E-state index contributed by atoms with van der Waals surface area (Å²) >= 11 is 6.13. The summed E-state index contributed by atoms with van der Waals surface area (Å²) in [4.78, 5) is 28.3. The first kappa shape index (κ1) is 19.5. The molecule has 26 heavy (non-hydrogen) atoms. The Kier molecular flexibility index (Phi) is 6.74. The lowest BCUT2D eigenvalue weighted by molar-refractivity contribution is 0.0516. The van der Waals surface area contributed by atoms with Crippen molar-refractivity contribution in [3.63, 3.8) is 0 Å². The molecule has 2 aromatic carbocycles. The number of aryl methyl sites for hydroxylation is 1. The van der Waals surface area contributed by atoms with Crippen LogP contribution in [0.1, 0.15) is 34.0 Å². The van der Waals surface area contributed by atoms with Crippen molar-refractivity contribution in [1.82, 2.24) is 5.32 Å². The van der Waals surface area contributed by atoms with E-state index in [2.05, 4.69) is 15.2 Å². The van der Waals surface area contributed by atoms with Crippen molar-refractivity contribution in [3.05, 3.63) is 69.7 Å². The smallest absolute Gasteiger partial charge is 0.407 e. The molecular formula is C19H19ClN2O4. The molecule has 0 saturated heterocycles. The average molecular weight is 375 g/mol. The Morgan fingerprint density at radius 1 is 1.15 bits per heavy atom. The minimum atomic E-state index is -0.552. The summed E-state index contributed by atoms with van der Waals surface area (Å²) in [6.07, 6.45) is -0.552. The third-order valence-corrected chi connectivity index (χ3v) is 3.96. The first-order valence-corrected chi connectivity index (χ1v) is 8.21. The third-order valence-electron chi connectivity index (χ3n) is 3.59. The summed E-state index contributed by atoms with van der Waals surface area (Å²) in [5.41, 5.74) is 3.30. The number of amides is 1. The Labute approximate surface area is 156 Å². The number of hydrogen-bond acceptors (Lipinski definition) is 5. The van der Waals surface area contributed by atoms with Crippen molar-refractivity contribution < 1.29 is 19.2 Å². The molecule has 1 N–H and O–H groups in total. The molecule has 0 radical (unpaired) electrons. The maximum absolute atomic E-state index is 12.1. The SMILES string of the molecule is COC(=O)NCc1cc(C(C)=NOC(=O)c2cccc(C)c2)ccc1Cl. The number of alkyl carbamates (subject to hydrolysis) is 1. The fraction of sp³-hybridized carbons (Fsp3) is 0.211. The lowest BCUT2D eigenvalue weighted by Crippen LogP contribution is -2.22. The minimum Gasteiger partial charge on any atom is -0.453 e. The molecule has 0 saturated carbocycles. The van der Waals surface area contributed by atoms with Crippen LogP contribution in [0.2, 0.25) is 5.02 Å². The van der Waals surface area contributed by atoms with Crippen molar-refractivity contribution in [2.45, 2.75) is 20.4 Å². The summed E-state index contributed by atoms with van der Waals surface area (Å²) < 4.78 is 4.53. The zero-order valence-electron chi connectivity index (χ0n) is 14.7. The molecule has 7 heteroatoms. The quantitative estimate of drug-likeness (QED) is 0.486. The predicted octanol–water partition coefficient (Wildman–Crippen LogP) is 4.09. The van der Waals surface area contributed by atoms with Crippen molar-refractivity contribution in [2.75, 3.05) is 7.11 Å². The highest BCUT2D eigenvalue weighted by molar-refractivity contribution is 6.31. The maximum atomic E-state index is 12.1. The van der Waals surface area contributed by atoms with Crippen molar-refractivity contribution in [3.8, 4) is 0 Å². The number of oxime groups is 1. The molecule has 0 aliphatic heterocycles. The molecule has 0 heterocycles. The van der Waals surface area contributed by atoms with Crippen LogP contribution in [0, 0.1) is 6.92 Å². The number of halogens is 1. The van der Waals surface area contributed by atoms with Crippen LogP contribution in [0.4, 0.5) is 4.79 Å². The summed E-state index contributed by atoms with van der Waals surface area (Å²) in [6, 6.07) is 12.3. The number of ether oxygens (including phenoxy) is 1. The third kappa shape index (κ3) is 5.32. The standard InChI is InChI=1S/C19H19ClN2O4/c1-12-5-4-6-15(9-12)18(23)26-22-13(2)14-7-8-17(20)16(10-14)11-21-19(24)25-3/h4-10H,11H2,1-3H3,(H,21,24). The number of carbonyl (C=O) groups excluding carboxylic acids is 2. The minimum absolute atomic E-state index is 0.204. The van der Waals surface area contributed by atoms with Crippen molar-refractivity contribution >= 4 is 29.4 Å². The molecule has 0 aliphatic rings. The van der Waals surface area contributed by atoms with Crippen LogP contribution in [0.5, 0.6) is 0 Å². The molecule has 6 nitrogen and oxygen atoms in total. The van der Waals surface area contributed by atoms with Gasteiger partial charge in [0.1, 0.15) is 0 Å². The first-order valence-electron chi connectivity index (χ1n) is 7.84. The van der Waals surface area contributed by atoms with Gasteiger partial charge in [0.25, 0.3) is 0 Å². The lowest BCUT2D eigenvalue weighted by atomic mass is 10.1. The van der Waals surface area contributed by atoms with Crippen LogP contribution in [0.15, 0.2) is 47.6 Å². The molecule has 0 spiro atoms. The van der Waals surface area contributed by atoms with Gasteiger partial charge in [0, 0.05) is 11.6 Å². The Morgan fingerprint density at radius 2 is 1.92 bits per heavy atom. The van der Waals surface area contributed by atoms with Gasteiger partial charge in [0.2, 0.25) is 0 Å². The largest absolute Gasteiger partial charge is 0.453 e. The van der Waals surface area contributed by atoms with Gasteiger partial charge in [0.15, 0.2) is 0 Å². The van der Waals surface area contributed by atoms with Gasteiger partial charge in [-0.3, -0.25) is 0 Å². The Balaban J connectivity index is 2.10. The number of hydrogen-bond donors (Lipinski definition) is 1. The highest BCUT2D eigenvalue weighted by Gasteiger charge is 2.10. The van der Waals surface area contributed by atoms with E-state index in [9.17, 15) is 9.59 Å². The molecule has 0 aliphatic carbocycles. The average Bonchev–Trinajstić information content (AvgIpc) is 2.64. The van der Waals surface area contributed by atoms with Gasteiger partial charge in [-0.05, 0) is 49.2 Å². The van der Waals surface area contributed by atoms with Crippen LogP contribution in [-0.4, -0.2) is 24.9 Å². The fourth-order valence-corrected chi connectivity index (χ4v) is 2.35. The molecule has 0 aromatic heterocycles. The Bertz CT molecular complexity index is 849. The van der Waals surface area contributed by atoms with Crippen LogP contribution >= 0.6 is 11.6 Å². The van der Waals surface area contributed by atoms with E-state index in [1.54, 1.807) is 43.3 Å². The Morgan fingerprint density at radius 3 is 2.62 bits per heavy atom. The van der Waals surface area contributed by atoms with Gasteiger partial charge < -0.3 is 14.9 Å². The number of carbonyl (C=O) groups is 2. The molecule has 2 rings (SSSR count). The molecule has 0 fully saturated rings. The predicted molar refractivity (Wildman–Crippen MR) is 99.5 cm³/mol. The van der Waals surface area contributed by atoms with E-state index in [0.717, 1.165) is 5.56 Å². The van der Waals surface area contributed by atoms with E-state index in [1.165, 1.54) is 7.11 Å². The van der Waals surface area contributed by atoms with Gasteiger partial charge in [-0.2, -0.15) is 0 Å². The van der Waals surface area contributed by atoms with Crippen LogP contribution in [-0.2, 0) is 16.1 Å². The topological polar surface area (TPSA) is 77.0 Å². The lowest BCUT2D eigenvalue weighted by Gasteiger charge is -2.08. The first-order chi connectivity index (χ1) is 12.4. The second-order valence-corrected chi connectivity index (χ2v) is 5.98. The van der Waals surface area contributed by atoms with Crippen molar-refractivity contribution in [2.24, 2.45) is 5.16 Å². The molecule has 0 bridgehead atoms.